The molecule has 0 radical (unpaired) electrons. The maximum atomic E-state index is 12.0. The molecule has 1 saturated heterocycles. The third-order valence-corrected chi connectivity index (χ3v) is 5.87. The molecule has 4 nitrogen and oxygen atoms in total. The lowest BCUT2D eigenvalue weighted by Crippen LogP contribution is -2.45. The van der Waals surface area contributed by atoms with Crippen molar-refractivity contribution in [3.8, 4) is 0 Å². The summed E-state index contributed by atoms with van der Waals surface area (Å²) >= 11 is 5.82. The van der Waals surface area contributed by atoms with Crippen molar-refractivity contribution in [1.82, 2.24) is 0 Å². The fourth-order valence-corrected chi connectivity index (χ4v) is 4.50. The molecule has 20 heavy (non-hydrogen) atoms. The molecule has 0 spiro atoms. The van der Waals surface area contributed by atoms with E-state index in [4.69, 9.17) is 16.3 Å². The van der Waals surface area contributed by atoms with E-state index in [1.54, 1.807) is 0 Å². The number of hydrogen-bond acceptors (Lipinski definition) is 4. The number of fused-ring (bicyclic) bond motifs is 3. The second-order valence-electron chi connectivity index (χ2n) is 6.37. The van der Waals surface area contributed by atoms with Crippen molar-refractivity contribution in [3.05, 3.63) is 12.2 Å². The van der Waals surface area contributed by atoms with Crippen molar-refractivity contribution in [1.29, 1.82) is 0 Å². The van der Waals surface area contributed by atoms with E-state index in [0.29, 0.717) is 19.3 Å². The molecule has 0 aromatic heterocycles. The van der Waals surface area contributed by atoms with Crippen molar-refractivity contribution >= 4 is 23.4 Å². The molecule has 2 aliphatic carbocycles. The van der Waals surface area contributed by atoms with Gasteiger partial charge in [-0.05, 0) is 18.8 Å². The quantitative estimate of drug-likeness (QED) is 0.454. The van der Waals surface area contributed by atoms with Crippen LogP contribution in [0.5, 0.6) is 0 Å². The highest BCUT2D eigenvalue weighted by molar-refractivity contribution is 6.20. The zero-order valence-corrected chi connectivity index (χ0v) is 12.2. The first-order valence-electron chi connectivity index (χ1n) is 7.10. The molecular weight excluding hydrogens is 280 g/mol. The molecule has 110 valence electrons. The first kappa shape index (κ1) is 14.1. The van der Waals surface area contributed by atoms with Gasteiger partial charge in [-0.1, -0.05) is 19.1 Å². The molecule has 0 aromatic rings. The van der Waals surface area contributed by atoms with E-state index in [1.165, 1.54) is 0 Å². The number of halogens is 1. The molecule has 1 aliphatic heterocycles. The van der Waals surface area contributed by atoms with Gasteiger partial charge in [0.1, 0.15) is 11.9 Å². The third kappa shape index (κ3) is 1.70. The topological polar surface area (TPSA) is 63.6 Å². The van der Waals surface area contributed by atoms with Crippen LogP contribution in [0.2, 0.25) is 0 Å². The molecule has 2 saturated carbocycles. The van der Waals surface area contributed by atoms with Crippen LogP contribution in [0.25, 0.3) is 0 Å². The molecule has 5 heteroatoms. The number of ketones is 1. The molecule has 0 unspecified atom stereocenters. The Labute approximate surface area is 123 Å². The number of rotatable bonds is 1. The van der Waals surface area contributed by atoms with Crippen LogP contribution in [0, 0.1) is 23.7 Å². The van der Waals surface area contributed by atoms with Crippen LogP contribution < -0.4 is 0 Å². The highest BCUT2D eigenvalue weighted by atomic mass is 35.5. The number of carbonyl (C=O) groups excluding carboxylic acids is 2. The zero-order chi connectivity index (χ0) is 14.7. The fraction of sp³-hybridized carbons (Fsp3) is 0.733. The summed E-state index contributed by atoms with van der Waals surface area (Å²) in [7, 11) is 0. The molecule has 3 fully saturated rings. The van der Waals surface area contributed by atoms with Crippen molar-refractivity contribution in [2.45, 2.75) is 37.9 Å². The Morgan fingerprint density at radius 3 is 2.85 bits per heavy atom. The van der Waals surface area contributed by atoms with Crippen LogP contribution in [-0.4, -0.2) is 34.4 Å². The summed E-state index contributed by atoms with van der Waals surface area (Å²) in [6.45, 7) is 5.98. The van der Waals surface area contributed by atoms with Gasteiger partial charge >= 0.3 is 5.97 Å². The van der Waals surface area contributed by atoms with Crippen LogP contribution >= 0.6 is 11.6 Å². The van der Waals surface area contributed by atoms with Crippen LogP contribution in [-0.2, 0) is 14.3 Å². The minimum Gasteiger partial charge on any atom is -0.459 e. The lowest BCUT2D eigenvalue weighted by Gasteiger charge is -2.29. The van der Waals surface area contributed by atoms with Crippen LogP contribution in [0.3, 0.4) is 0 Å². The molecule has 1 N–H and O–H groups in total. The number of alkyl halides is 1. The minimum absolute atomic E-state index is 0.0660. The van der Waals surface area contributed by atoms with Crippen molar-refractivity contribution < 1.29 is 19.4 Å². The van der Waals surface area contributed by atoms with E-state index in [9.17, 15) is 14.7 Å². The van der Waals surface area contributed by atoms with Gasteiger partial charge in [0.25, 0.3) is 0 Å². The molecule has 0 amide bonds. The fourth-order valence-electron chi connectivity index (χ4n) is 4.19. The minimum atomic E-state index is -1.62. The SMILES string of the molecule is C=C1CC[C@@H]2[C@H](OC(=O)[C@@]2(O)CCl)[C@H]2[C@H](C)C(=O)C[C@@H]12. The summed E-state index contributed by atoms with van der Waals surface area (Å²) in [5, 5.41) is 10.5. The molecule has 3 aliphatic rings. The lowest BCUT2D eigenvalue weighted by molar-refractivity contribution is -0.155. The molecule has 6 atom stereocenters. The number of hydrogen-bond donors (Lipinski definition) is 1. The maximum absolute atomic E-state index is 12.0. The molecule has 1 heterocycles. The zero-order valence-electron chi connectivity index (χ0n) is 11.5. The number of allylic oxidation sites excluding steroid dienone is 1. The highest BCUT2D eigenvalue weighted by Crippen LogP contribution is 2.52. The molecular formula is C15H19ClO4. The van der Waals surface area contributed by atoms with Gasteiger partial charge in [-0.15, -0.1) is 11.6 Å². The highest BCUT2D eigenvalue weighted by Gasteiger charge is 2.62. The Kier molecular flexibility index (Phi) is 3.22. The summed E-state index contributed by atoms with van der Waals surface area (Å²) in [6, 6.07) is 0. The standard InChI is InChI=1S/C15H19ClO4/c1-7-3-4-10-13(20-14(18)15(10,19)6-16)12-8(2)11(17)5-9(7)12/h8-10,12-13,19H,1,3-6H2,2H3/t8-,9+,10-,12+,13+,15-/m1/s1. The van der Waals surface area contributed by atoms with E-state index in [-0.39, 0.29) is 35.3 Å². The second-order valence-corrected chi connectivity index (χ2v) is 6.64. The van der Waals surface area contributed by atoms with Gasteiger partial charge in [0.15, 0.2) is 5.60 Å². The first-order valence-corrected chi connectivity index (χ1v) is 7.63. The second kappa shape index (κ2) is 4.57. The van der Waals surface area contributed by atoms with E-state index >= 15 is 0 Å². The largest absolute Gasteiger partial charge is 0.459 e. The summed E-state index contributed by atoms with van der Waals surface area (Å²) in [5.74, 6) is -1.11. The summed E-state index contributed by atoms with van der Waals surface area (Å²) < 4.78 is 5.47. The molecule has 3 rings (SSSR count). The van der Waals surface area contributed by atoms with Crippen molar-refractivity contribution in [3.63, 3.8) is 0 Å². The lowest BCUT2D eigenvalue weighted by atomic mass is 9.76. The monoisotopic (exact) mass is 298 g/mol. The Morgan fingerprint density at radius 2 is 2.20 bits per heavy atom. The number of aliphatic hydroxyl groups is 1. The Bertz CT molecular complexity index is 488. The van der Waals surface area contributed by atoms with E-state index in [1.807, 2.05) is 6.92 Å². The third-order valence-electron chi connectivity index (χ3n) is 5.46. The van der Waals surface area contributed by atoms with Gasteiger partial charge in [-0.25, -0.2) is 4.79 Å². The van der Waals surface area contributed by atoms with Crippen LogP contribution in [0.15, 0.2) is 12.2 Å². The number of carbonyl (C=O) groups is 2. The molecule has 0 aromatic carbocycles. The average molecular weight is 299 g/mol. The Balaban J connectivity index is 2.02. The van der Waals surface area contributed by atoms with Crippen LogP contribution in [0.4, 0.5) is 0 Å². The summed E-state index contributed by atoms with van der Waals surface area (Å²) in [6.07, 6.45) is 1.40. The molecule has 0 bridgehead atoms. The van der Waals surface area contributed by atoms with Gasteiger partial charge in [0, 0.05) is 24.2 Å². The Hall–Kier alpha value is -0.870. The van der Waals surface area contributed by atoms with Gasteiger partial charge in [-0.3, -0.25) is 4.79 Å². The maximum Gasteiger partial charge on any atom is 0.340 e. The number of Topliss-reactive ketones (excluding diaryl/α,β-unsaturated/α-hetero) is 1. The van der Waals surface area contributed by atoms with Gasteiger partial charge in [0.2, 0.25) is 0 Å². The van der Waals surface area contributed by atoms with Crippen LogP contribution in [0.1, 0.15) is 26.2 Å². The van der Waals surface area contributed by atoms with Gasteiger partial charge in [0.05, 0.1) is 5.88 Å². The summed E-state index contributed by atoms with van der Waals surface area (Å²) in [5.41, 5.74) is -0.581. The predicted octanol–water partition coefficient (Wildman–Crippen LogP) is 1.69. The Morgan fingerprint density at radius 1 is 1.50 bits per heavy atom. The number of esters is 1. The van der Waals surface area contributed by atoms with Crippen molar-refractivity contribution in [2.24, 2.45) is 23.7 Å². The van der Waals surface area contributed by atoms with Crippen molar-refractivity contribution in [2.75, 3.05) is 5.88 Å². The van der Waals surface area contributed by atoms with E-state index < -0.39 is 17.7 Å². The summed E-state index contributed by atoms with van der Waals surface area (Å²) in [4.78, 5) is 24.0. The normalized spacial score (nSPS) is 47.8. The smallest absolute Gasteiger partial charge is 0.340 e. The number of ether oxygens (including phenoxy) is 1. The van der Waals surface area contributed by atoms with Gasteiger partial charge in [-0.2, -0.15) is 0 Å². The first-order chi connectivity index (χ1) is 9.40. The van der Waals surface area contributed by atoms with Gasteiger partial charge < -0.3 is 9.84 Å². The van der Waals surface area contributed by atoms with E-state index in [0.717, 1.165) is 5.57 Å². The average Bonchev–Trinajstić information content (AvgIpc) is 2.79. The van der Waals surface area contributed by atoms with E-state index in [2.05, 4.69) is 6.58 Å². The predicted molar refractivity (Wildman–Crippen MR) is 73.2 cm³/mol.